The number of rotatable bonds is 1. The van der Waals surface area contributed by atoms with Crippen LogP contribution >= 0.6 is 0 Å². The summed E-state index contributed by atoms with van der Waals surface area (Å²) in [7, 11) is 0. The summed E-state index contributed by atoms with van der Waals surface area (Å²) < 4.78 is 0. The smallest absolute Gasteiger partial charge is 0.0781 e. The van der Waals surface area contributed by atoms with Crippen molar-refractivity contribution in [2.45, 2.75) is 13.8 Å². The first-order valence-corrected chi connectivity index (χ1v) is 3.30. The highest BCUT2D eigenvalue weighted by Gasteiger charge is 1.95. The fourth-order valence-corrected chi connectivity index (χ4v) is 0.770. The predicted molar refractivity (Wildman–Crippen MR) is 42.7 cm³/mol. The molecule has 0 aromatic heterocycles. The third-order valence-electron chi connectivity index (χ3n) is 1.12. The third-order valence-corrected chi connectivity index (χ3v) is 1.12. The number of nitrogens with one attached hydrogen (secondary N) is 1. The molecule has 1 radical (unpaired) electrons. The number of allylic oxidation sites excluding steroid dienone is 1. The van der Waals surface area contributed by atoms with Gasteiger partial charge in [-0.25, -0.2) is 0 Å². The maximum atomic E-state index is 4.11. The van der Waals surface area contributed by atoms with E-state index in [4.69, 9.17) is 0 Å². The predicted octanol–water partition coefficient (Wildman–Crippen LogP) is 1.27. The fourth-order valence-electron chi connectivity index (χ4n) is 0.770. The number of hydrogen-bond donors (Lipinski definition) is 1. The van der Waals surface area contributed by atoms with Gasteiger partial charge in [0.05, 0.1) is 24.7 Å². The van der Waals surface area contributed by atoms with Crippen LogP contribution in [0.3, 0.4) is 0 Å². The molecule has 0 saturated carbocycles. The molecule has 1 rings (SSSR count). The van der Waals surface area contributed by atoms with Crippen LogP contribution in [-0.2, 0) is 0 Å². The normalized spacial score (nSPS) is 15.6. The molecule has 0 atom stereocenters. The second-order valence-electron chi connectivity index (χ2n) is 2.47. The van der Waals surface area contributed by atoms with Gasteiger partial charge in [-0.2, -0.15) is 0 Å². The van der Waals surface area contributed by atoms with Crippen molar-refractivity contribution in [2.24, 2.45) is 4.99 Å². The average Bonchev–Trinajstić information content (AvgIpc) is 1.88. The van der Waals surface area contributed by atoms with Crippen molar-refractivity contribution in [3.63, 3.8) is 0 Å². The first-order chi connectivity index (χ1) is 4.79. The minimum absolute atomic E-state index is 0.793. The summed E-state index contributed by atoms with van der Waals surface area (Å²) in [5, 5.41) is 2.96. The van der Waals surface area contributed by atoms with Crippen LogP contribution in [0.2, 0.25) is 0 Å². The molecule has 10 heavy (non-hydrogen) atoms. The third kappa shape index (κ3) is 2.05. The lowest BCUT2D eigenvalue weighted by Crippen LogP contribution is -2.19. The van der Waals surface area contributed by atoms with E-state index in [0.29, 0.717) is 0 Å². The summed E-state index contributed by atoms with van der Waals surface area (Å²) in [5.74, 6) is 0. The Morgan fingerprint density at radius 2 is 2.60 bits per heavy atom. The minimum atomic E-state index is 0.793. The standard InChI is InChI=1S/C8H11N2/c1-7(2)5-8-6-9-3-4-10-8/h4-5,9H,6H2,1-2H3. The Labute approximate surface area is 61.4 Å². The van der Waals surface area contributed by atoms with Gasteiger partial charge in [0.1, 0.15) is 0 Å². The molecule has 1 heterocycles. The topological polar surface area (TPSA) is 24.4 Å². The molecule has 0 bridgehead atoms. The van der Waals surface area contributed by atoms with Crippen molar-refractivity contribution < 1.29 is 0 Å². The maximum Gasteiger partial charge on any atom is 0.0781 e. The molecule has 53 valence electrons. The lowest BCUT2D eigenvalue weighted by atomic mass is 10.2. The zero-order valence-corrected chi connectivity index (χ0v) is 6.31. The van der Waals surface area contributed by atoms with Gasteiger partial charge in [0, 0.05) is 0 Å². The molecule has 1 aliphatic rings. The highest BCUT2D eigenvalue weighted by atomic mass is 14.9. The molecule has 0 amide bonds. The van der Waals surface area contributed by atoms with Crippen molar-refractivity contribution >= 4 is 5.71 Å². The Hall–Kier alpha value is -1.05. The van der Waals surface area contributed by atoms with E-state index in [1.165, 1.54) is 5.57 Å². The van der Waals surface area contributed by atoms with Gasteiger partial charge in [-0.3, -0.25) is 4.99 Å². The molecule has 0 saturated heterocycles. The SMILES string of the molecule is CC(C)=CC1=NC=[C]NC1. The summed E-state index contributed by atoms with van der Waals surface area (Å²) in [5.41, 5.74) is 2.34. The van der Waals surface area contributed by atoms with Crippen LogP contribution in [0.15, 0.2) is 22.8 Å². The van der Waals surface area contributed by atoms with Crippen LogP contribution in [0.4, 0.5) is 0 Å². The summed E-state index contributed by atoms with van der Waals surface area (Å²) in [6.45, 7) is 4.91. The van der Waals surface area contributed by atoms with Gasteiger partial charge >= 0.3 is 0 Å². The van der Waals surface area contributed by atoms with E-state index >= 15 is 0 Å². The van der Waals surface area contributed by atoms with Gasteiger partial charge in [0.15, 0.2) is 0 Å². The highest BCUT2D eigenvalue weighted by molar-refractivity contribution is 5.97. The molecule has 0 fully saturated rings. The summed E-state index contributed by atoms with van der Waals surface area (Å²) in [6.07, 6.45) is 6.51. The van der Waals surface area contributed by atoms with E-state index < -0.39 is 0 Å². The Morgan fingerprint density at radius 3 is 3.10 bits per heavy atom. The average molecular weight is 135 g/mol. The lowest BCUT2D eigenvalue weighted by Gasteiger charge is -2.04. The molecule has 1 aliphatic heterocycles. The van der Waals surface area contributed by atoms with E-state index in [1.54, 1.807) is 6.20 Å². The molecule has 0 aromatic rings. The molecule has 0 aliphatic carbocycles. The largest absolute Gasteiger partial charge is 0.376 e. The van der Waals surface area contributed by atoms with Crippen molar-refractivity contribution in [2.75, 3.05) is 6.54 Å². The van der Waals surface area contributed by atoms with Crippen LogP contribution in [0.25, 0.3) is 0 Å². The van der Waals surface area contributed by atoms with Crippen molar-refractivity contribution in [1.29, 1.82) is 0 Å². The van der Waals surface area contributed by atoms with Crippen LogP contribution in [0, 0.1) is 6.20 Å². The van der Waals surface area contributed by atoms with Crippen molar-refractivity contribution in [3.05, 3.63) is 24.0 Å². The maximum absolute atomic E-state index is 4.11. The van der Waals surface area contributed by atoms with Crippen LogP contribution in [-0.4, -0.2) is 12.3 Å². The Balaban J connectivity index is 2.64. The van der Waals surface area contributed by atoms with Crippen LogP contribution < -0.4 is 5.32 Å². The molecule has 2 nitrogen and oxygen atoms in total. The van der Waals surface area contributed by atoms with E-state index in [1.807, 2.05) is 0 Å². The summed E-state index contributed by atoms with van der Waals surface area (Å²) >= 11 is 0. The second kappa shape index (κ2) is 3.20. The van der Waals surface area contributed by atoms with E-state index in [9.17, 15) is 0 Å². The Morgan fingerprint density at radius 1 is 1.80 bits per heavy atom. The molecular formula is C8H11N2. The Bertz CT molecular complexity index is 193. The summed E-state index contributed by atoms with van der Waals surface area (Å²) in [4.78, 5) is 4.11. The van der Waals surface area contributed by atoms with Crippen LogP contribution in [0.1, 0.15) is 13.8 Å². The van der Waals surface area contributed by atoms with E-state index in [2.05, 4.69) is 36.4 Å². The zero-order chi connectivity index (χ0) is 7.40. The van der Waals surface area contributed by atoms with Gasteiger partial charge < -0.3 is 5.32 Å². The molecule has 2 heteroatoms. The first-order valence-electron chi connectivity index (χ1n) is 3.30. The highest BCUT2D eigenvalue weighted by Crippen LogP contribution is 1.93. The number of hydrogen-bond acceptors (Lipinski definition) is 2. The van der Waals surface area contributed by atoms with Crippen molar-refractivity contribution in [1.82, 2.24) is 5.32 Å². The molecule has 0 aromatic carbocycles. The van der Waals surface area contributed by atoms with E-state index in [0.717, 1.165) is 12.3 Å². The van der Waals surface area contributed by atoms with Gasteiger partial charge in [0.25, 0.3) is 0 Å². The minimum Gasteiger partial charge on any atom is -0.376 e. The van der Waals surface area contributed by atoms with Crippen molar-refractivity contribution in [3.8, 4) is 0 Å². The molecular weight excluding hydrogens is 124 g/mol. The van der Waals surface area contributed by atoms with Gasteiger partial charge in [0.2, 0.25) is 0 Å². The second-order valence-corrected chi connectivity index (χ2v) is 2.47. The zero-order valence-electron chi connectivity index (χ0n) is 6.31. The first kappa shape index (κ1) is 7.06. The summed E-state index contributed by atoms with van der Waals surface area (Å²) in [6, 6.07) is 0. The van der Waals surface area contributed by atoms with E-state index in [-0.39, 0.29) is 0 Å². The number of nitrogens with zero attached hydrogens (tertiary/aromatic N) is 1. The fraction of sp³-hybridized carbons (Fsp3) is 0.375. The quantitative estimate of drug-likeness (QED) is 0.575. The number of aliphatic imine (C=N–C) groups is 1. The molecule has 0 spiro atoms. The van der Waals surface area contributed by atoms with Gasteiger partial charge in [-0.1, -0.05) is 5.57 Å². The van der Waals surface area contributed by atoms with Crippen LogP contribution in [0.5, 0.6) is 0 Å². The van der Waals surface area contributed by atoms with Gasteiger partial charge in [-0.05, 0) is 19.9 Å². The molecule has 0 unspecified atom stereocenters. The lowest BCUT2D eigenvalue weighted by molar-refractivity contribution is 0.958. The monoisotopic (exact) mass is 135 g/mol. The Kier molecular flexibility index (Phi) is 2.26. The molecule has 1 N–H and O–H groups in total. The van der Waals surface area contributed by atoms with Gasteiger partial charge in [-0.15, -0.1) is 0 Å².